The van der Waals surface area contributed by atoms with Crippen LogP contribution >= 0.6 is 0 Å². The number of aromatic nitrogens is 4. The Morgan fingerprint density at radius 3 is 2.68 bits per heavy atom. The Bertz CT molecular complexity index is 1420. The van der Waals surface area contributed by atoms with Gasteiger partial charge in [0.15, 0.2) is 0 Å². The lowest BCUT2D eigenvalue weighted by molar-refractivity contribution is 0.133. The van der Waals surface area contributed by atoms with E-state index in [4.69, 9.17) is 19.4 Å². The minimum absolute atomic E-state index is 0.180. The zero-order valence-corrected chi connectivity index (χ0v) is 24.1. The first-order valence-electron chi connectivity index (χ1n) is 14.5. The first kappa shape index (κ1) is 28.7. The zero-order valence-electron chi connectivity index (χ0n) is 24.1. The van der Waals surface area contributed by atoms with E-state index in [0.29, 0.717) is 19.2 Å². The highest BCUT2D eigenvalue weighted by Crippen LogP contribution is 2.40. The van der Waals surface area contributed by atoms with Crippen molar-refractivity contribution in [1.29, 1.82) is 0 Å². The molecule has 0 spiro atoms. The summed E-state index contributed by atoms with van der Waals surface area (Å²) in [6.07, 6.45) is 4.59. The molecule has 1 aliphatic heterocycles. The van der Waals surface area contributed by atoms with E-state index in [1.807, 2.05) is 25.1 Å². The molecule has 0 saturated heterocycles. The van der Waals surface area contributed by atoms with Crippen molar-refractivity contribution < 1.29 is 13.9 Å². The van der Waals surface area contributed by atoms with Crippen LogP contribution < -0.4 is 10.1 Å². The quantitative estimate of drug-likeness (QED) is 0.203. The molecule has 0 amide bonds. The van der Waals surface area contributed by atoms with Crippen molar-refractivity contribution in [3.8, 4) is 28.4 Å². The summed E-state index contributed by atoms with van der Waals surface area (Å²) in [7, 11) is 1.74. The zero-order chi connectivity index (χ0) is 28.6. The maximum absolute atomic E-state index is 13.8. The second-order valence-electron chi connectivity index (χ2n) is 10.3. The standard InChI is InChI=1S/C32H39FN6O2/c1-4-17-34-32-35-18-16-27(36-32)31-30(23-10-12-25(33)13-11-23)37-29-15-14-26(39(29)31)22-38(19-20-40-3)21-24-8-6-7-9-28(24)41-5-2/h6-13,16,18,26H,4-5,14-15,17,19-22H2,1-3H3,(H,34,35,36)/t26-/m0/s1. The number of aryl methyl sites for hydroxylation is 1. The summed E-state index contributed by atoms with van der Waals surface area (Å²) in [4.78, 5) is 16.8. The SMILES string of the molecule is CCCNc1nccc(-c2c(-c3ccc(F)cc3)nc3n2[C@H](CN(CCOC)Cc2ccccc2OCC)CC3)n1. The van der Waals surface area contributed by atoms with Crippen LogP contribution in [-0.2, 0) is 17.7 Å². The molecule has 3 heterocycles. The van der Waals surface area contributed by atoms with E-state index in [-0.39, 0.29) is 11.9 Å². The molecule has 0 radical (unpaired) electrons. The topological polar surface area (TPSA) is 77.3 Å². The second-order valence-corrected chi connectivity index (χ2v) is 10.3. The molecule has 2 aromatic carbocycles. The average Bonchev–Trinajstić information content (AvgIpc) is 3.56. The number of para-hydroxylation sites is 1. The molecule has 0 unspecified atom stereocenters. The third-order valence-corrected chi connectivity index (χ3v) is 7.35. The molecule has 5 rings (SSSR count). The van der Waals surface area contributed by atoms with Crippen LogP contribution in [0.3, 0.4) is 0 Å². The van der Waals surface area contributed by atoms with Crippen LogP contribution in [0.25, 0.3) is 22.6 Å². The predicted molar refractivity (Wildman–Crippen MR) is 160 cm³/mol. The molecular weight excluding hydrogens is 519 g/mol. The molecule has 1 N–H and O–H groups in total. The molecule has 1 atom stereocenters. The third-order valence-electron chi connectivity index (χ3n) is 7.35. The summed E-state index contributed by atoms with van der Waals surface area (Å²) in [5.74, 6) is 2.26. The van der Waals surface area contributed by atoms with Crippen molar-refractivity contribution in [2.24, 2.45) is 0 Å². The van der Waals surface area contributed by atoms with Crippen LogP contribution in [0.15, 0.2) is 60.8 Å². The Morgan fingerprint density at radius 2 is 1.90 bits per heavy atom. The molecule has 0 fully saturated rings. The van der Waals surface area contributed by atoms with Crippen molar-refractivity contribution in [3.63, 3.8) is 0 Å². The van der Waals surface area contributed by atoms with Crippen molar-refractivity contribution in [3.05, 3.63) is 78.0 Å². The maximum Gasteiger partial charge on any atom is 0.223 e. The number of nitrogens with one attached hydrogen (secondary N) is 1. The first-order chi connectivity index (χ1) is 20.1. The van der Waals surface area contributed by atoms with Crippen molar-refractivity contribution in [1.82, 2.24) is 24.4 Å². The summed E-state index contributed by atoms with van der Waals surface area (Å²) in [5, 5.41) is 3.31. The lowest BCUT2D eigenvalue weighted by Crippen LogP contribution is -2.32. The van der Waals surface area contributed by atoms with Crippen LogP contribution in [0.1, 0.15) is 44.1 Å². The number of ether oxygens (including phenoxy) is 2. The van der Waals surface area contributed by atoms with Crippen LogP contribution in [0, 0.1) is 5.82 Å². The lowest BCUT2D eigenvalue weighted by atomic mass is 10.1. The Kier molecular flexibility index (Phi) is 9.59. The molecule has 9 heteroatoms. The fourth-order valence-electron chi connectivity index (χ4n) is 5.44. The van der Waals surface area contributed by atoms with E-state index < -0.39 is 0 Å². The Morgan fingerprint density at radius 1 is 1.07 bits per heavy atom. The Labute approximate surface area is 241 Å². The largest absolute Gasteiger partial charge is 0.494 e. The van der Waals surface area contributed by atoms with Gasteiger partial charge in [0.2, 0.25) is 5.95 Å². The minimum Gasteiger partial charge on any atom is -0.494 e. The average molecular weight is 559 g/mol. The molecule has 0 bridgehead atoms. The van der Waals surface area contributed by atoms with Crippen LogP contribution in [0.4, 0.5) is 10.3 Å². The Balaban J connectivity index is 1.52. The van der Waals surface area contributed by atoms with Gasteiger partial charge < -0.3 is 19.4 Å². The van der Waals surface area contributed by atoms with Gasteiger partial charge in [0.25, 0.3) is 0 Å². The number of halogens is 1. The van der Waals surface area contributed by atoms with Gasteiger partial charge in [-0.05, 0) is 56.2 Å². The van der Waals surface area contributed by atoms with Crippen LogP contribution in [0.2, 0.25) is 0 Å². The van der Waals surface area contributed by atoms with Gasteiger partial charge in [0, 0.05) is 63.1 Å². The summed E-state index contributed by atoms with van der Waals surface area (Å²) in [6, 6.07) is 16.9. The van der Waals surface area contributed by atoms with E-state index in [9.17, 15) is 4.39 Å². The number of anilines is 1. The van der Waals surface area contributed by atoms with Gasteiger partial charge in [-0.15, -0.1) is 0 Å². The van der Waals surface area contributed by atoms with Gasteiger partial charge in [-0.25, -0.2) is 19.3 Å². The highest BCUT2D eigenvalue weighted by molar-refractivity contribution is 5.78. The molecular formula is C32H39FN6O2. The number of imidazole rings is 1. The maximum atomic E-state index is 13.8. The molecule has 2 aromatic heterocycles. The van der Waals surface area contributed by atoms with Gasteiger partial charge in [0.05, 0.1) is 30.3 Å². The van der Waals surface area contributed by atoms with Crippen molar-refractivity contribution in [2.45, 2.75) is 45.7 Å². The van der Waals surface area contributed by atoms with Gasteiger partial charge in [-0.3, -0.25) is 4.90 Å². The smallest absolute Gasteiger partial charge is 0.223 e. The second kappa shape index (κ2) is 13.7. The van der Waals surface area contributed by atoms with E-state index >= 15 is 0 Å². The van der Waals surface area contributed by atoms with Gasteiger partial charge >= 0.3 is 0 Å². The van der Waals surface area contributed by atoms with Gasteiger partial charge in [0.1, 0.15) is 17.4 Å². The number of rotatable bonds is 14. The first-order valence-corrected chi connectivity index (χ1v) is 14.5. The molecule has 41 heavy (non-hydrogen) atoms. The summed E-state index contributed by atoms with van der Waals surface area (Å²) >= 11 is 0. The molecule has 0 aliphatic carbocycles. The minimum atomic E-state index is -0.269. The van der Waals surface area contributed by atoms with Crippen molar-refractivity contribution in [2.75, 3.05) is 45.3 Å². The number of benzene rings is 2. The molecule has 0 saturated carbocycles. The molecule has 4 aromatic rings. The highest BCUT2D eigenvalue weighted by Gasteiger charge is 2.32. The highest BCUT2D eigenvalue weighted by atomic mass is 19.1. The number of fused-ring (bicyclic) bond motifs is 1. The lowest BCUT2D eigenvalue weighted by Gasteiger charge is -2.28. The van der Waals surface area contributed by atoms with E-state index in [2.05, 4.69) is 38.8 Å². The van der Waals surface area contributed by atoms with Crippen LogP contribution in [-0.4, -0.2) is 64.4 Å². The monoisotopic (exact) mass is 558 g/mol. The summed E-state index contributed by atoms with van der Waals surface area (Å²) < 4.78 is 27.6. The number of nitrogens with zero attached hydrogens (tertiary/aromatic N) is 5. The third kappa shape index (κ3) is 6.74. The van der Waals surface area contributed by atoms with Gasteiger partial charge in [-0.1, -0.05) is 25.1 Å². The molecule has 8 nitrogen and oxygen atoms in total. The van der Waals surface area contributed by atoms with Gasteiger partial charge in [-0.2, -0.15) is 0 Å². The van der Waals surface area contributed by atoms with E-state index in [1.165, 1.54) is 12.1 Å². The van der Waals surface area contributed by atoms with Crippen LogP contribution in [0.5, 0.6) is 5.75 Å². The normalized spacial score (nSPS) is 14.4. The Hall–Kier alpha value is -3.82. The van der Waals surface area contributed by atoms with E-state index in [0.717, 1.165) is 85.2 Å². The fraction of sp³-hybridized carbons (Fsp3) is 0.406. The number of hydrogen-bond donors (Lipinski definition) is 1. The molecule has 1 aliphatic rings. The summed E-state index contributed by atoms with van der Waals surface area (Å²) in [5.41, 5.74) is 4.58. The van der Waals surface area contributed by atoms with E-state index in [1.54, 1.807) is 25.4 Å². The number of hydrogen-bond acceptors (Lipinski definition) is 7. The number of methoxy groups -OCH3 is 1. The molecule has 216 valence electrons. The predicted octanol–water partition coefficient (Wildman–Crippen LogP) is 6.00. The fourth-order valence-corrected chi connectivity index (χ4v) is 5.44. The summed E-state index contributed by atoms with van der Waals surface area (Å²) in [6.45, 7) is 8.52. The van der Waals surface area contributed by atoms with Crippen molar-refractivity contribution >= 4 is 5.95 Å².